The Kier molecular flexibility index (Phi) is 6.95. The van der Waals surface area contributed by atoms with Crippen LogP contribution in [-0.4, -0.2) is 65.9 Å². The van der Waals surface area contributed by atoms with Gasteiger partial charge in [-0.15, -0.1) is 0 Å². The van der Waals surface area contributed by atoms with E-state index >= 15 is 0 Å². The van der Waals surface area contributed by atoms with Crippen molar-refractivity contribution in [2.45, 2.75) is 20.0 Å². The van der Waals surface area contributed by atoms with E-state index in [-0.39, 0.29) is 0 Å². The smallest absolute Gasteiger partial charge is 0.0970 e. The third-order valence-corrected chi connectivity index (χ3v) is 5.94. The summed E-state index contributed by atoms with van der Waals surface area (Å²) in [6.45, 7) is 10.6. The molecule has 1 N–H and O–H groups in total. The fourth-order valence-corrected chi connectivity index (χ4v) is 4.04. The lowest BCUT2D eigenvalue weighted by Gasteiger charge is -2.32. The van der Waals surface area contributed by atoms with Crippen molar-refractivity contribution in [2.24, 2.45) is 0 Å². The van der Waals surface area contributed by atoms with Gasteiger partial charge in [-0.25, -0.2) is 0 Å². The molecule has 1 saturated heterocycles. The van der Waals surface area contributed by atoms with Crippen molar-refractivity contribution in [2.75, 3.05) is 46.3 Å². The van der Waals surface area contributed by atoms with Crippen molar-refractivity contribution in [3.05, 3.63) is 77.5 Å². The molecular formula is C25H33N5. The fraction of sp³-hybridized carbons (Fsp3) is 0.400. The van der Waals surface area contributed by atoms with Crippen LogP contribution in [-0.2, 0) is 13.1 Å². The van der Waals surface area contributed by atoms with Crippen LogP contribution >= 0.6 is 0 Å². The zero-order valence-corrected chi connectivity index (χ0v) is 18.2. The number of aromatic nitrogens is 2. The van der Waals surface area contributed by atoms with Gasteiger partial charge in [-0.3, -0.25) is 9.58 Å². The monoisotopic (exact) mass is 403 g/mol. The van der Waals surface area contributed by atoms with Gasteiger partial charge in [0.05, 0.1) is 12.2 Å². The molecule has 0 aliphatic carbocycles. The Hall–Kier alpha value is -2.47. The maximum absolute atomic E-state index is 4.97. The molecule has 3 aromatic rings. The molecule has 1 fully saturated rings. The molecule has 0 amide bonds. The molecule has 0 bridgehead atoms. The van der Waals surface area contributed by atoms with Crippen LogP contribution in [0.4, 0.5) is 0 Å². The van der Waals surface area contributed by atoms with Crippen LogP contribution in [0.3, 0.4) is 0 Å². The second-order valence-corrected chi connectivity index (χ2v) is 8.32. The van der Waals surface area contributed by atoms with Crippen LogP contribution in [0, 0.1) is 6.92 Å². The molecule has 4 rings (SSSR count). The van der Waals surface area contributed by atoms with Gasteiger partial charge in [0, 0.05) is 63.1 Å². The Labute approximate surface area is 180 Å². The molecule has 0 unspecified atom stereocenters. The second kappa shape index (κ2) is 10.0. The minimum atomic E-state index is 0.793. The van der Waals surface area contributed by atoms with Gasteiger partial charge in [0.25, 0.3) is 0 Å². The Morgan fingerprint density at radius 1 is 0.933 bits per heavy atom. The number of hydrogen-bond donors (Lipinski definition) is 1. The lowest BCUT2D eigenvalue weighted by Crippen LogP contribution is -2.46. The maximum atomic E-state index is 4.97. The maximum Gasteiger partial charge on any atom is 0.0970 e. The van der Waals surface area contributed by atoms with E-state index in [4.69, 9.17) is 5.10 Å². The lowest BCUT2D eigenvalue weighted by atomic mass is 10.0. The number of benzene rings is 2. The molecule has 5 heteroatoms. The quantitative estimate of drug-likeness (QED) is 0.586. The SMILES string of the molecule is Cc1ccccc1-c1nn(Cc2ccccc2)cc1CNCCN1CCN(C)CC1. The number of rotatable bonds is 8. The van der Waals surface area contributed by atoms with E-state index in [1.54, 1.807) is 0 Å². The van der Waals surface area contributed by atoms with Crippen LogP contribution in [0.5, 0.6) is 0 Å². The van der Waals surface area contributed by atoms with Gasteiger partial charge in [-0.1, -0.05) is 54.6 Å². The van der Waals surface area contributed by atoms with Gasteiger partial charge < -0.3 is 10.2 Å². The van der Waals surface area contributed by atoms with E-state index in [0.29, 0.717) is 0 Å². The minimum absolute atomic E-state index is 0.793. The molecule has 1 aliphatic rings. The van der Waals surface area contributed by atoms with Crippen molar-refractivity contribution >= 4 is 0 Å². The average Bonchev–Trinajstić information content (AvgIpc) is 3.16. The van der Waals surface area contributed by atoms with E-state index < -0.39 is 0 Å². The van der Waals surface area contributed by atoms with Gasteiger partial charge >= 0.3 is 0 Å². The average molecular weight is 404 g/mol. The second-order valence-electron chi connectivity index (χ2n) is 8.32. The summed E-state index contributed by atoms with van der Waals surface area (Å²) in [5.74, 6) is 0. The predicted octanol–water partition coefficient (Wildman–Crippen LogP) is 3.24. The molecule has 0 radical (unpaired) electrons. The van der Waals surface area contributed by atoms with Gasteiger partial charge in [-0.2, -0.15) is 5.10 Å². The molecule has 2 heterocycles. The molecule has 5 nitrogen and oxygen atoms in total. The molecule has 2 aromatic carbocycles. The highest BCUT2D eigenvalue weighted by Gasteiger charge is 2.15. The van der Waals surface area contributed by atoms with Crippen LogP contribution in [0.2, 0.25) is 0 Å². The molecule has 1 aliphatic heterocycles. The van der Waals surface area contributed by atoms with E-state index in [9.17, 15) is 0 Å². The molecule has 0 atom stereocenters. The first-order chi connectivity index (χ1) is 14.7. The normalized spacial score (nSPS) is 15.5. The topological polar surface area (TPSA) is 36.3 Å². The molecule has 0 spiro atoms. The van der Waals surface area contributed by atoms with Gasteiger partial charge in [0.1, 0.15) is 0 Å². The van der Waals surface area contributed by atoms with Crippen LogP contribution in [0.1, 0.15) is 16.7 Å². The third-order valence-electron chi connectivity index (χ3n) is 5.94. The van der Waals surface area contributed by atoms with E-state index in [1.807, 2.05) is 0 Å². The predicted molar refractivity (Wildman–Crippen MR) is 124 cm³/mol. The molecule has 30 heavy (non-hydrogen) atoms. The highest BCUT2D eigenvalue weighted by atomic mass is 15.3. The molecule has 0 saturated carbocycles. The summed E-state index contributed by atoms with van der Waals surface area (Å²) in [5, 5.41) is 8.63. The highest BCUT2D eigenvalue weighted by Crippen LogP contribution is 2.25. The standard InChI is InChI=1S/C25H33N5/c1-21-8-6-7-11-24(21)25-23(18-26-12-13-29-16-14-28(2)15-17-29)20-30(27-25)19-22-9-4-3-5-10-22/h3-11,20,26H,12-19H2,1-2H3. The van der Waals surface area contributed by atoms with E-state index in [0.717, 1.165) is 31.9 Å². The zero-order valence-electron chi connectivity index (χ0n) is 18.2. The first kappa shape index (κ1) is 20.8. The van der Waals surface area contributed by atoms with Crippen LogP contribution < -0.4 is 5.32 Å². The van der Waals surface area contributed by atoms with Crippen LogP contribution in [0.25, 0.3) is 11.3 Å². The Balaban J connectivity index is 1.44. The first-order valence-corrected chi connectivity index (χ1v) is 11.0. The van der Waals surface area contributed by atoms with Crippen molar-refractivity contribution in [1.82, 2.24) is 24.9 Å². The summed E-state index contributed by atoms with van der Waals surface area (Å²) in [6, 6.07) is 19.1. The van der Waals surface area contributed by atoms with Crippen LogP contribution in [0.15, 0.2) is 60.8 Å². The highest BCUT2D eigenvalue weighted by molar-refractivity contribution is 5.66. The number of aryl methyl sites for hydroxylation is 1. The Morgan fingerprint density at radius 2 is 1.67 bits per heavy atom. The summed E-state index contributed by atoms with van der Waals surface area (Å²) in [4.78, 5) is 4.95. The number of piperazine rings is 1. The number of nitrogens with zero attached hydrogens (tertiary/aromatic N) is 4. The van der Waals surface area contributed by atoms with Crippen molar-refractivity contribution in [3.63, 3.8) is 0 Å². The van der Waals surface area contributed by atoms with Crippen molar-refractivity contribution in [1.29, 1.82) is 0 Å². The zero-order chi connectivity index (χ0) is 20.8. The van der Waals surface area contributed by atoms with Gasteiger partial charge in [0.15, 0.2) is 0 Å². The lowest BCUT2D eigenvalue weighted by molar-refractivity contribution is 0.154. The Morgan fingerprint density at radius 3 is 2.43 bits per heavy atom. The number of hydrogen-bond acceptors (Lipinski definition) is 4. The third kappa shape index (κ3) is 5.36. The largest absolute Gasteiger partial charge is 0.311 e. The Bertz CT molecular complexity index is 926. The summed E-state index contributed by atoms with van der Waals surface area (Å²) in [5.41, 5.74) is 6.11. The van der Waals surface area contributed by atoms with Gasteiger partial charge in [-0.05, 0) is 25.1 Å². The summed E-state index contributed by atoms with van der Waals surface area (Å²) in [7, 11) is 2.20. The van der Waals surface area contributed by atoms with E-state index in [1.165, 1.54) is 48.4 Å². The number of likely N-dealkylation sites (N-methyl/N-ethyl adjacent to an activating group) is 1. The van der Waals surface area contributed by atoms with Gasteiger partial charge in [0.2, 0.25) is 0 Å². The summed E-state index contributed by atoms with van der Waals surface area (Å²) in [6.07, 6.45) is 2.21. The fourth-order valence-electron chi connectivity index (χ4n) is 4.04. The summed E-state index contributed by atoms with van der Waals surface area (Å²) < 4.78 is 2.08. The molecular weight excluding hydrogens is 370 g/mol. The van der Waals surface area contributed by atoms with E-state index in [2.05, 4.69) is 94.6 Å². The van der Waals surface area contributed by atoms with Crippen molar-refractivity contribution < 1.29 is 0 Å². The minimum Gasteiger partial charge on any atom is -0.311 e. The van der Waals surface area contributed by atoms with Crippen molar-refractivity contribution in [3.8, 4) is 11.3 Å². The molecule has 1 aromatic heterocycles. The number of nitrogens with one attached hydrogen (secondary N) is 1. The molecule has 158 valence electrons. The first-order valence-electron chi connectivity index (χ1n) is 11.0. The summed E-state index contributed by atoms with van der Waals surface area (Å²) >= 11 is 0.